The van der Waals surface area contributed by atoms with Crippen LogP contribution in [0.4, 0.5) is 0 Å². The van der Waals surface area contributed by atoms with Crippen molar-refractivity contribution in [2.75, 3.05) is 13.2 Å². The van der Waals surface area contributed by atoms with Crippen molar-refractivity contribution in [1.29, 1.82) is 0 Å². The molecule has 6 heteroatoms. The van der Waals surface area contributed by atoms with Crippen molar-refractivity contribution >= 4 is 12.4 Å². The summed E-state index contributed by atoms with van der Waals surface area (Å²) < 4.78 is 11.3. The smallest absolute Gasteiger partial charge is 0.303 e. The number of aliphatic carboxylic acids is 1. The van der Waals surface area contributed by atoms with Crippen LogP contribution in [0.15, 0.2) is 24.3 Å². The number of fused-ring (bicyclic) bond motifs is 1. The lowest BCUT2D eigenvalue weighted by atomic mass is 10.2. The largest absolute Gasteiger partial charge is 0.484 e. The number of nitrogens with zero attached hydrogens (tertiary/aromatic N) is 1. The first-order valence-corrected chi connectivity index (χ1v) is 7.02. The van der Waals surface area contributed by atoms with E-state index < -0.39 is 12.2 Å². The van der Waals surface area contributed by atoms with E-state index in [0.717, 1.165) is 19.3 Å². The van der Waals surface area contributed by atoms with Gasteiger partial charge in [0.1, 0.15) is 6.61 Å². The summed E-state index contributed by atoms with van der Waals surface area (Å²) >= 11 is 0. The topological polar surface area (TPSA) is 76.1 Å². The van der Waals surface area contributed by atoms with E-state index in [0.29, 0.717) is 31.1 Å². The molecular formula is C15H19NO5. The quantitative estimate of drug-likeness (QED) is 0.585. The molecule has 1 aromatic rings. The lowest BCUT2D eigenvalue weighted by Crippen LogP contribution is -2.45. The minimum absolute atomic E-state index is 0.164. The molecule has 114 valence electrons. The maximum Gasteiger partial charge on any atom is 0.303 e. The van der Waals surface area contributed by atoms with Gasteiger partial charge in [-0.3, -0.25) is 9.59 Å². The third-order valence-electron chi connectivity index (χ3n) is 3.31. The van der Waals surface area contributed by atoms with E-state index in [-0.39, 0.29) is 6.42 Å². The second kappa shape index (κ2) is 7.52. The summed E-state index contributed by atoms with van der Waals surface area (Å²) in [4.78, 5) is 23.2. The molecule has 21 heavy (non-hydrogen) atoms. The van der Waals surface area contributed by atoms with Crippen LogP contribution in [0.25, 0.3) is 0 Å². The average Bonchev–Trinajstić information content (AvgIpc) is 2.50. The molecule has 0 saturated heterocycles. The van der Waals surface area contributed by atoms with Gasteiger partial charge in [0.2, 0.25) is 12.6 Å². The van der Waals surface area contributed by atoms with E-state index in [4.69, 9.17) is 14.6 Å². The molecule has 0 bridgehead atoms. The van der Waals surface area contributed by atoms with Crippen LogP contribution >= 0.6 is 0 Å². The van der Waals surface area contributed by atoms with Crippen LogP contribution in [0.5, 0.6) is 11.5 Å². The minimum Gasteiger partial charge on any atom is -0.484 e. The number of carboxylic acid groups (broad SMARTS) is 1. The van der Waals surface area contributed by atoms with Crippen molar-refractivity contribution in [2.24, 2.45) is 0 Å². The first-order chi connectivity index (χ1) is 10.2. The summed E-state index contributed by atoms with van der Waals surface area (Å²) in [6, 6.07) is 7.34. The Hall–Kier alpha value is -2.24. The van der Waals surface area contributed by atoms with Gasteiger partial charge in [-0.15, -0.1) is 0 Å². The highest BCUT2D eigenvalue weighted by Gasteiger charge is 2.25. The van der Waals surface area contributed by atoms with E-state index in [1.54, 1.807) is 11.0 Å². The van der Waals surface area contributed by atoms with Crippen LogP contribution in [0.2, 0.25) is 0 Å². The van der Waals surface area contributed by atoms with E-state index >= 15 is 0 Å². The summed E-state index contributed by atoms with van der Waals surface area (Å²) in [5.41, 5.74) is 0. The molecule has 1 amide bonds. The van der Waals surface area contributed by atoms with Gasteiger partial charge in [0.25, 0.3) is 0 Å². The number of para-hydroxylation sites is 2. The second-order valence-corrected chi connectivity index (χ2v) is 4.88. The Kier molecular flexibility index (Phi) is 5.43. The Balaban J connectivity index is 1.79. The van der Waals surface area contributed by atoms with Gasteiger partial charge in [-0.1, -0.05) is 18.6 Å². The zero-order chi connectivity index (χ0) is 15.1. The van der Waals surface area contributed by atoms with Crippen molar-refractivity contribution < 1.29 is 24.2 Å². The predicted octanol–water partition coefficient (Wildman–Crippen LogP) is 1.89. The Labute approximate surface area is 123 Å². The lowest BCUT2D eigenvalue weighted by Gasteiger charge is -2.32. The fraction of sp³-hybridized carbons (Fsp3) is 0.467. The molecule has 0 spiro atoms. The van der Waals surface area contributed by atoms with Gasteiger partial charge in [0.05, 0.1) is 0 Å². The number of amides is 1. The molecule has 1 aliphatic heterocycles. The van der Waals surface area contributed by atoms with Crippen LogP contribution in [0.3, 0.4) is 0 Å². The van der Waals surface area contributed by atoms with Gasteiger partial charge in [-0.2, -0.15) is 0 Å². The molecule has 2 rings (SSSR count). The highest BCUT2D eigenvalue weighted by atomic mass is 16.6. The Morgan fingerprint density at radius 3 is 2.76 bits per heavy atom. The number of rotatable bonds is 8. The SMILES string of the molecule is O=CN(CCCCCC(=O)O)C1COc2ccccc2O1. The van der Waals surface area contributed by atoms with Gasteiger partial charge in [0.15, 0.2) is 11.5 Å². The third kappa shape index (κ3) is 4.37. The maximum atomic E-state index is 11.2. The molecular weight excluding hydrogens is 274 g/mol. The zero-order valence-corrected chi connectivity index (χ0v) is 11.7. The minimum atomic E-state index is -0.789. The number of ether oxygens (including phenoxy) is 2. The number of unbranched alkanes of at least 4 members (excludes halogenated alkanes) is 2. The molecule has 0 fully saturated rings. The van der Waals surface area contributed by atoms with E-state index in [1.807, 2.05) is 18.2 Å². The van der Waals surface area contributed by atoms with Crippen molar-refractivity contribution in [3.63, 3.8) is 0 Å². The van der Waals surface area contributed by atoms with Crippen LogP contribution in [0.1, 0.15) is 25.7 Å². The molecule has 0 aromatic heterocycles. The van der Waals surface area contributed by atoms with Gasteiger partial charge in [-0.25, -0.2) is 0 Å². The molecule has 6 nitrogen and oxygen atoms in total. The Bertz CT molecular complexity index is 491. The standard InChI is InChI=1S/C15H19NO5/c17-11-16(9-5-1-2-8-15(18)19)14-10-20-12-6-3-4-7-13(12)21-14/h3-4,6-7,11,14H,1-2,5,8-10H2,(H,18,19). The second-order valence-electron chi connectivity index (χ2n) is 4.88. The van der Waals surface area contributed by atoms with Crippen molar-refractivity contribution in [2.45, 2.75) is 31.9 Å². The number of carbonyl (C=O) groups excluding carboxylic acids is 1. The summed E-state index contributed by atoms with van der Waals surface area (Å²) in [6.07, 6.45) is 2.61. The number of carbonyl (C=O) groups is 2. The van der Waals surface area contributed by atoms with E-state index in [9.17, 15) is 9.59 Å². The molecule has 1 N–H and O–H groups in total. The summed E-state index contributed by atoms with van der Waals surface area (Å²) in [5.74, 6) is 0.524. The van der Waals surface area contributed by atoms with Crippen LogP contribution in [-0.4, -0.2) is 41.8 Å². The zero-order valence-electron chi connectivity index (χ0n) is 11.7. The fourth-order valence-electron chi connectivity index (χ4n) is 2.18. The van der Waals surface area contributed by atoms with Crippen molar-refractivity contribution in [3.8, 4) is 11.5 Å². The molecule has 1 unspecified atom stereocenters. The van der Waals surface area contributed by atoms with Crippen LogP contribution in [-0.2, 0) is 9.59 Å². The molecule has 1 aliphatic rings. The highest BCUT2D eigenvalue weighted by Crippen LogP contribution is 2.31. The third-order valence-corrected chi connectivity index (χ3v) is 3.31. The number of benzene rings is 1. The Morgan fingerprint density at radius 1 is 1.29 bits per heavy atom. The lowest BCUT2D eigenvalue weighted by molar-refractivity contribution is -0.137. The van der Waals surface area contributed by atoms with E-state index in [2.05, 4.69) is 0 Å². The summed E-state index contributed by atoms with van der Waals surface area (Å²) in [7, 11) is 0. The summed E-state index contributed by atoms with van der Waals surface area (Å²) in [5, 5.41) is 8.56. The average molecular weight is 293 g/mol. The molecule has 1 atom stereocenters. The molecule has 1 heterocycles. The first kappa shape index (κ1) is 15.2. The van der Waals surface area contributed by atoms with Gasteiger partial charge >= 0.3 is 5.97 Å². The number of carboxylic acids is 1. The van der Waals surface area contributed by atoms with Crippen molar-refractivity contribution in [1.82, 2.24) is 4.90 Å². The summed E-state index contributed by atoms with van der Waals surface area (Å²) in [6.45, 7) is 0.824. The molecule has 0 radical (unpaired) electrons. The van der Waals surface area contributed by atoms with Crippen molar-refractivity contribution in [3.05, 3.63) is 24.3 Å². The first-order valence-electron chi connectivity index (χ1n) is 7.02. The predicted molar refractivity (Wildman–Crippen MR) is 75.2 cm³/mol. The van der Waals surface area contributed by atoms with Gasteiger partial charge in [-0.05, 0) is 25.0 Å². The normalized spacial score (nSPS) is 16.3. The van der Waals surface area contributed by atoms with Gasteiger partial charge in [0, 0.05) is 13.0 Å². The monoisotopic (exact) mass is 293 g/mol. The molecule has 0 saturated carbocycles. The fourth-order valence-corrected chi connectivity index (χ4v) is 2.18. The van der Waals surface area contributed by atoms with E-state index in [1.165, 1.54) is 0 Å². The molecule has 0 aliphatic carbocycles. The molecule has 1 aromatic carbocycles. The number of hydrogen-bond donors (Lipinski definition) is 1. The number of hydrogen-bond acceptors (Lipinski definition) is 4. The van der Waals surface area contributed by atoms with Gasteiger partial charge < -0.3 is 19.5 Å². The van der Waals surface area contributed by atoms with Crippen LogP contribution < -0.4 is 9.47 Å². The Morgan fingerprint density at radius 2 is 2.05 bits per heavy atom. The highest BCUT2D eigenvalue weighted by molar-refractivity contribution is 5.66. The van der Waals surface area contributed by atoms with Crippen LogP contribution in [0, 0.1) is 0 Å². The maximum absolute atomic E-state index is 11.2.